The minimum atomic E-state index is 0.0560. The van der Waals surface area contributed by atoms with Gasteiger partial charge >= 0.3 is 0 Å². The first-order valence-electron chi connectivity index (χ1n) is 6.74. The van der Waals surface area contributed by atoms with Gasteiger partial charge in [-0.15, -0.1) is 0 Å². The second-order valence-corrected chi connectivity index (χ2v) is 5.48. The number of nitrogen functional groups attached to an aromatic ring is 1. The molecule has 0 bridgehead atoms. The topological polar surface area (TPSA) is 46.3 Å². The van der Waals surface area contributed by atoms with Crippen molar-refractivity contribution in [3.63, 3.8) is 0 Å². The van der Waals surface area contributed by atoms with Crippen LogP contribution < -0.4 is 5.73 Å². The molecular formula is C16H24N2O. The SMILES string of the molecule is CC(C)CN(C(=O)/C=C/c1ccc(N)cc1)C(C)C. The van der Waals surface area contributed by atoms with Crippen LogP contribution in [-0.2, 0) is 4.79 Å². The van der Waals surface area contributed by atoms with Gasteiger partial charge < -0.3 is 10.6 Å². The van der Waals surface area contributed by atoms with Crippen molar-refractivity contribution < 1.29 is 4.79 Å². The maximum absolute atomic E-state index is 12.2. The smallest absolute Gasteiger partial charge is 0.246 e. The molecule has 1 aromatic carbocycles. The Kier molecular flexibility index (Phi) is 5.61. The van der Waals surface area contributed by atoms with Crippen LogP contribution in [0.1, 0.15) is 33.3 Å². The van der Waals surface area contributed by atoms with E-state index < -0.39 is 0 Å². The number of hydrogen-bond acceptors (Lipinski definition) is 2. The number of nitrogens with two attached hydrogens (primary N) is 1. The van der Waals surface area contributed by atoms with E-state index in [1.54, 1.807) is 6.08 Å². The average Bonchev–Trinajstić information content (AvgIpc) is 2.34. The molecule has 0 spiro atoms. The Labute approximate surface area is 116 Å². The van der Waals surface area contributed by atoms with Gasteiger partial charge in [-0.3, -0.25) is 4.79 Å². The number of hydrogen-bond donors (Lipinski definition) is 1. The van der Waals surface area contributed by atoms with E-state index in [2.05, 4.69) is 13.8 Å². The fourth-order valence-corrected chi connectivity index (χ4v) is 1.82. The molecule has 1 amide bonds. The molecule has 3 heteroatoms. The highest BCUT2D eigenvalue weighted by atomic mass is 16.2. The predicted octanol–water partition coefficient (Wildman–Crippen LogP) is 3.18. The Morgan fingerprint density at radius 3 is 2.26 bits per heavy atom. The lowest BCUT2D eigenvalue weighted by atomic mass is 10.1. The normalized spacial score (nSPS) is 11.5. The van der Waals surface area contributed by atoms with Gasteiger partial charge in [-0.2, -0.15) is 0 Å². The van der Waals surface area contributed by atoms with Crippen LogP contribution >= 0.6 is 0 Å². The van der Waals surface area contributed by atoms with Gasteiger partial charge in [-0.25, -0.2) is 0 Å². The summed E-state index contributed by atoms with van der Waals surface area (Å²) in [4.78, 5) is 14.1. The van der Waals surface area contributed by atoms with Crippen molar-refractivity contribution in [1.82, 2.24) is 4.90 Å². The third-order valence-corrected chi connectivity index (χ3v) is 2.82. The van der Waals surface area contributed by atoms with Crippen LogP contribution in [0.4, 0.5) is 5.69 Å². The fourth-order valence-electron chi connectivity index (χ4n) is 1.82. The zero-order valence-electron chi connectivity index (χ0n) is 12.3. The molecular weight excluding hydrogens is 236 g/mol. The molecule has 0 heterocycles. The standard InChI is InChI=1S/C16H24N2O/c1-12(2)11-18(13(3)4)16(19)10-7-14-5-8-15(17)9-6-14/h5-10,12-13H,11,17H2,1-4H3/b10-7+. The molecule has 0 atom stereocenters. The first kappa shape index (κ1) is 15.3. The van der Waals surface area contributed by atoms with Crippen molar-refractivity contribution in [3.8, 4) is 0 Å². The molecule has 0 aliphatic carbocycles. The molecule has 0 unspecified atom stereocenters. The van der Waals surface area contributed by atoms with Gasteiger partial charge in [-0.1, -0.05) is 26.0 Å². The van der Waals surface area contributed by atoms with Crippen molar-refractivity contribution in [2.45, 2.75) is 33.7 Å². The maximum Gasteiger partial charge on any atom is 0.246 e. The number of amides is 1. The number of nitrogens with zero attached hydrogens (tertiary/aromatic N) is 1. The molecule has 0 radical (unpaired) electrons. The first-order chi connectivity index (χ1) is 8.90. The molecule has 19 heavy (non-hydrogen) atoms. The summed E-state index contributed by atoms with van der Waals surface area (Å²) in [6, 6.07) is 7.69. The molecule has 0 saturated carbocycles. The van der Waals surface area contributed by atoms with Crippen molar-refractivity contribution in [3.05, 3.63) is 35.9 Å². The first-order valence-corrected chi connectivity index (χ1v) is 6.74. The van der Waals surface area contributed by atoms with Gasteiger partial charge in [0, 0.05) is 24.4 Å². The Morgan fingerprint density at radius 1 is 1.21 bits per heavy atom. The van der Waals surface area contributed by atoms with Crippen molar-refractivity contribution >= 4 is 17.7 Å². The highest BCUT2D eigenvalue weighted by Crippen LogP contribution is 2.09. The third kappa shape index (κ3) is 5.16. The Morgan fingerprint density at radius 2 is 1.79 bits per heavy atom. The van der Waals surface area contributed by atoms with Crippen molar-refractivity contribution in [1.29, 1.82) is 0 Å². The zero-order chi connectivity index (χ0) is 14.4. The second-order valence-electron chi connectivity index (χ2n) is 5.48. The third-order valence-electron chi connectivity index (χ3n) is 2.82. The average molecular weight is 260 g/mol. The van der Waals surface area contributed by atoms with Crippen LogP contribution in [0.15, 0.2) is 30.3 Å². The lowest BCUT2D eigenvalue weighted by Crippen LogP contribution is -2.38. The highest BCUT2D eigenvalue weighted by molar-refractivity contribution is 5.92. The van der Waals surface area contributed by atoms with E-state index in [-0.39, 0.29) is 11.9 Å². The van der Waals surface area contributed by atoms with Gasteiger partial charge in [0.15, 0.2) is 0 Å². The monoisotopic (exact) mass is 260 g/mol. The zero-order valence-corrected chi connectivity index (χ0v) is 12.3. The summed E-state index contributed by atoms with van der Waals surface area (Å²) in [5.74, 6) is 0.525. The van der Waals surface area contributed by atoms with Crippen LogP contribution in [0.3, 0.4) is 0 Å². The molecule has 1 rings (SSSR count). The molecule has 0 aliphatic rings. The molecule has 0 aromatic heterocycles. The molecule has 2 N–H and O–H groups in total. The van der Waals surface area contributed by atoms with Gasteiger partial charge in [0.1, 0.15) is 0 Å². The summed E-state index contributed by atoms with van der Waals surface area (Å²) >= 11 is 0. The van der Waals surface area contributed by atoms with E-state index in [0.717, 1.165) is 17.8 Å². The maximum atomic E-state index is 12.2. The van der Waals surface area contributed by atoms with Gasteiger partial charge in [-0.05, 0) is 43.5 Å². The summed E-state index contributed by atoms with van der Waals surface area (Å²) in [5, 5.41) is 0. The molecule has 104 valence electrons. The van der Waals surface area contributed by atoms with Gasteiger partial charge in [0.25, 0.3) is 0 Å². The molecule has 0 saturated heterocycles. The lowest BCUT2D eigenvalue weighted by molar-refractivity contribution is -0.128. The van der Waals surface area contributed by atoms with Crippen LogP contribution in [0.5, 0.6) is 0 Å². The lowest BCUT2D eigenvalue weighted by Gasteiger charge is -2.27. The van der Waals surface area contributed by atoms with Crippen LogP contribution in [0, 0.1) is 5.92 Å². The van der Waals surface area contributed by atoms with E-state index in [0.29, 0.717) is 5.92 Å². The van der Waals surface area contributed by atoms with Crippen LogP contribution in [-0.4, -0.2) is 23.4 Å². The Balaban J connectivity index is 2.73. The number of anilines is 1. The fraction of sp³-hybridized carbons (Fsp3) is 0.438. The number of carbonyl (C=O) groups is 1. The van der Waals surface area contributed by atoms with Gasteiger partial charge in [0.05, 0.1) is 0 Å². The summed E-state index contributed by atoms with van der Waals surface area (Å²) in [6.45, 7) is 9.09. The minimum Gasteiger partial charge on any atom is -0.399 e. The summed E-state index contributed by atoms with van der Waals surface area (Å²) < 4.78 is 0. The Bertz CT molecular complexity index is 433. The second kappa shape index (κ2) is 6.98. The molecule has 3 nitrogen and oxygen atoms in total. The highest BCUT2D eigenvalue weighted by Gasteiger charge is 2.15. The van der Waals surface area contributed by atoms with E-state index in [1.807, 2.05) is 49.1 Å². The summed E-state index contributed by atoms with van der Waals surface area (Å²) in [7, 11) is 0. The summed E-state index contributed by atoms with van der Waals surface area (Å²) in [5.41, 5.74) is 7.34. The van der Waals surface area contributed by atoms with Crippen molar-refractivity contribution in [2.75, 3.05) is 12.3 Å². The van der Waals surface area contributed by atoms with E-state index in [4.69, 9.17) is 5.73 Å². The van der Waals surface area contributed by atoms with E-state index in [9.17, 15) is 4.79 Å². The number of carbonyl (C=O) groups excluding carboxylic acids is 1. The predicted molar refractivity (Wildman–Crippen MR) is 81.6 cm³/mol. The number of benzene rings is 1. The molecule has 1 aromatic rings. The largest absolute Gasteiger partial charge is 0.399 e. The van der Waals surface area contributed by atoms with Crippen molar-refractivity contribution in [2.24, 2.45) is 5.92 Å². The summed E-state index contributed by atoms with van der Waals surface area (Å²) in [6.07, 6.45) is 3.46. The Hall–Kier alpha value is -1.77. The van der Waals surface area contributed by atoms with Crippen LogP contribution in [0.25, 0.3) is 6.08 Å². The van der Waals surface area contributed by atoms with E-state index >= 15 is 0 Å². The minimum absolute atomic E-state index is 0.0560. The molecule has 0 fully saturated rings. The quantitative estimate of drug-likeness (QED) is 0.653. The molecule has 0 aliphatic heterocycles. The van der Waals surface area contributed by atoms with E-state index in [1.165, 1.54) is 0 Å². The number of rotatable bonds is 5. The van der Waals surface area contributed by atoms with Gasteiger partial charge in [0.2, 0.25) is 5.91 Å². The van der Waals surface area contributed by atoms with Crippen LogP contribution in [0.2, 0.25) is 0 Å².